The molecule has 3 rings (SSSR count). The summed E-state index contributed by atoms with van der Waals surface area (Å²) in [5.74, 6) is 1.24. The van der Waals surface area contributed by atoms with Crippen LogP contribution in [0.25, 0.3) is 12.2 Å². The van der Waals surface area contributed by atoms with Crippen LogP contribution in [0.1, 0.15) is 18.1 Å². The molecule has 1 aliphatic rings. The summed E-state index contributed by atoms with van der Waals surface area (Å²) < 4.78 is 41.1. The Morgan fingerprint density at radius 1 is 0.868 bits per heavy atom. The fourth-order valence-corrected chi connectivity index (χ4v) is 4.33. The van der Waals surface area contributed by atoms with Crippen LogP contribution in [0.3, 0.4) is 0 Å². The van der Waals surface area contributed by atoms with Crippen molar-refractivity contribution in [2.24, 2.45) is 5.92 Å². The van der Waals surface area contributed by atoms with E-state index in [1.165, 1.54) is 32.6 Å². The first-order valence-corrected chi connectivity index (χ1v) is 12.1. The Bertz CT molecular complexity index is 1280. The minimum atomic E-state index is -1.38. The van der Waals surface area contributed by atoms with Gasteiger partial charge in [0.05, 0.1) is 46.3 Å². The third kappa shape index (κ3) is 6.31. The number of benzene rings is 2. The van der Waals surface area contributed by atoms with Gasteiger partial charge >= 0.3 is 0 Å². The van der Waals surface area contributed by atoms with Crippen LogP contribution < -0.4 is 24.3 Å². The van der Waals surface area contributed by atoms with E-state index < -0.39 is 12.1 Å². The molecule has 0 aromatic heterocycles. The van der Waals surface area contributed by atoms with Gasteiger partial charge in [0.15, 0.2) is 29.2 Å². The number of nitrogens with one attached hydrogen (secondary N) is 1. The van der Waals surface area contributed by atoms with Crippen molar-refractivity contribution >= 4 is 35.2 Å². The van der Waals surface area contributed by atoms with Crippen molar-refractivity contribution < 1.29 is 32.9 Å². The van der Waals surface area contributed by atoms with Gasteiger partial charge in [0.2, 0.25) is 5.75 Å². The van der Waals surface area contributed by atoms with Gasteiger partial charge in [-0.3, -0.25) is 4.79 Å². The average Bonchev–Trinajstić information content (AvgIpc) is 2.92. The molecule has 2 aromatic rings. The van der Waals surface area contributed by atoms with Crippen LogP contribution in [-0.4, -0.2) is 47.5 Å². The molecule has 38 heavy (non-hydrogen) atoms. The standard InChI is InChI=1S/C29H31ClFNO6/c1-17-20(9-10-24(34-2)27(17)31)23(33)11-12-32-22-14-18(13-21(30)28(22)37-5)7-8-19-15-25(35-3)29(38-6)26(16-19)36-4/h7-17,27,32H,1-6H3/b8-7-,12-11-. The topological polar surface area (TPSA) is 75.3 Å². The van der Waals surface area contributed by atoms with Gasteiger partial charge in [0.1, 0.15) is 5.76 Å². The van der Waals surface area contributed by atoms with Crippen molar-refractivity contribution in [1.82, 2.24) is 0 Å². The number of carbonyl (C=O) groups excluding carboxylic acids is 1. The molecule has 0 spiro atoms. The molecule has 0 aliphatic heterocycles. The number of carbonyl (C=O) groups is 1. The summed E-state index contributed by atoms with van der Waals surface area (Å²) in [6, 6.07) is 7.22. The number of hydrogen-bond donors (Lipinski definition) is 1. The Morgan fingerprint density at radius 3 is 2.03 bits per heavy atom. The van der Waals surface area contributed by atoms with E-state index in [0.29, 0.717) is 39.3 Å². The fourth-order valence-electron chi connectivity index (χ4n) is 4.03. The monoisotopic (exact) mass is 543 g/mol. The number of anilines is 1. The van der Waals surface area contributed by atoms with Crippen molar-refractivity contribution in [3.05, 3.63) is 76.2 Å². The molecule has 0 amide bonds. The lowest BCUT2D eigenvalue weighted by Gasteiger charge is -2.23. The lowest BCUT2D eigenvalue weighted by atomic mass is 9.88. The second kappa shape index (κ2) is 13.1. The predicted octanol–water partition coefficient (Wildman–Crippen LogP) is 6.48. The van der Waals surface area contributed by atoms with Crippen LogP contribution in [0.5, 0.6) is 23.0 Å². The largest absolute Gasteiger partial charge is 0.498 e. The van der Waals surface area contributed by atoms with Gasteiger partial charge in [-0.15, -0.1) is 0 Å². The molecule has 2 unspecified atom stereocenters. The maximum atomic E-state index is 14.5. The zero-order valence-electron chi connectivity index (χ0n) is 22.1. The van der Waals surface area contributed by atoms with E-state index in [1.807, 2.05) is 30.4 Å². The molecule has 0 heterocycles. The van der Waals surface area contributed by atoms with Crippen molar-refractivity contribution in [1.29, 1.82) is 0 Å². The zero-order valence-corrected chi connectivity index (χ0v) is 22.9. The second-order valence-electron chi connectivity index (χ2n) is 8.30. The number of ketones is 1. The number of rotatable bonds is 11. The smallest absolute Gasteiger partial charge is 0.203 e. The van der Waals surface area contributed by atoms with Crippen LogP contribution in [0.15, 0.2) is 60.0 Å². The van der Waals surface area contributed by atoms with E-state index in [1.54, 1.807) is 40.4 Å². The lowest BCUT2D eigenvalue weighted by molar-refractivity contribution is -0.112. The number of halogens is 2. The summed E-state index contributed by atoms with van der Waals surface area (Å²) in [5.41, 5.74) is 2.48. The molecule has 9 heteroatoms. The molecule has 2 aromatic carbocycles. The van der Waals surface area contributed by atoms with E-state index in [-0.39, 0.29) is 11.5 Å². The first-order chi connectivity index (χ1) is 18.3. The summed E-state index contributed by atoms with van der Waals surface area (Å²) in [6.07, 6.45) is 8.23. The average molecular weight is 544 g/mol. The third-order valence-electron chi connectivity index (χ3n) is 6.05. The molecule has 1 N–H and O–H groups in total. The molecular weight excluding hydrogens is 513 g/mol. The van der Waals surface area contributed by atoms with Gasteiger partial charge in [0.25, 0.3) is 0 Å². The molecule has 0 radical (unpaired) electrons. The van der Waals surface area contributed by atoms with Gasteiger partial charge in [-0.1, -0.05) is 36.8 Å². The van der Waals surface area contributed by atoms with Crippen molar-refractivity contribution in [3.63, 3.8) is 0 Å². The minimum Gasteiger partial charge on any atom is -0.498 e. The first-order valence-electron chi connectivity index (χ1n) is 11.7. The second-order valence-corrected chi connectivity index (χ2v) is 8.71. The van der Waals surface area contributed by atoms with Crippen LogP contribution in [0.2, 0.25) is 5.02 Å². The number of allylic oxidation sites excluding steroid dienone is 5. The highest BCUT2D eigenvalue weighted by Crippen LogP contribution is 2.39. The molecule has 0 bridgehead atoms. The molecular formula is C29H31ClFNO6. The van der Waals surface area contributed by atoms with Gasteiger partial charge in [-0.25, -0.2) is 4.39 Å². The third-order valence-corrected chi connectivity index (χ3v) is 6.33. The molecule has 0 fully saturated rings. The summed E-state index contributed by atoms with van der Waals surface area (Å²) in [6.45, 7) is 1.65. The Kier molecular flexibility index (Phi) is 9.85. The van der Waals surface area contributed by atoms with E-state index in [9.17, 15) is 9.18 Å². The maximum absolute atomic E-state index is 14.5. The van der Waals surface area contributed by atoms with Crippen molar-refractivity contribution in [2.75, 3.05) is 40.9 Å². The number of methoxy groups -OCH3 is 5. The minimum absolute atomic E-state index is 0.201. The van der Waals surface area contributed by atoms with E-state index in [0.717, 1.165) is 11.1 Å². The van der Waals surface area contributed by atoms with Gasteiger partial charge in [-0.05, 0) is 41.5 Å². The van der Waals surface area contributed by atoms with Gasteiger partial charge < -0.3 is 29.0 Å². The van der Waals surface area contributed by atoms with Crippen molar-refractivity contribution in [2.45, 2.75) is 13.1 Å². The van der Waals surface area contributed by atoms with Crippen LogP contribution in [0.4, 0.5) is 10.1 Å². The van der Waals surface area contributed by atoms with Gasteiger partial charge in [-0.2, -0.15) is 0 Å². The van der Waals surface area contributed by atoms with E-state index in [4.69, 9.17) is 35.3 Å². The Hall–Kier alpha value is -3.91. The SMILES string of the molecule is COC1=CC=C(C(=O)/C=C\Nc2cc(/C=C\c3cc(OC)c(OC)c(OC)c3)cc(Cl)c2OC)C(C)C1F. The van der Waals surface area contributed by atoms with E-state index in [2.05, 4.69) is 5.32 Å². The predicted molar refractivity (Wildman–Crippen MR) is 148 cm³/mol. The zero-order chi connectivity index (χ0) is 27.8. The Labute approximate surface area is 227 Å². The highest BCUT2D eigenvalue weighted by Gasteiger charge is 2.30. The first kappa shape index (κ1) is 28.7. The highest BCUT2D eigenvalue weighted by molar-refractivity contribution is 6.32. The van der Waals surface area contributed by atoms with Crippen LogP contribution in [0, 0.1) is 5.92 Å². The molecule has 0 saturated carbocycles. The number of hydrogen-bond acceptors (Lipinski definition) is 7. The molecule has 0 saturated heterocycles. The highest BCUT2D eigenvalue weighted by atomic mass is 35.5. The quantitative estimate of drug-likeness (QED) is 0.257. The summed E-state index contributed by atoms with van der Waals surface area (Å²) >= 11 is 6.46. The van der Waals surface area contributed by atoms with Crippen LogP contribution in [-0.2, 0) is 9.53 Å². The fraction of sp³-hybridized carbons (Fsp3) is 0.276. The van der Waals surface area contributed by atoms with Crippen LogP contribution >= 0.6 is 11.6 Å². The molecule has 1 aliphatic carbocycles. The van der Waals surface area contributed by atoms with Gasteiger partial charge in [0, 0.05) is 23.8 Å². The number of alkyl halides is 1. The number of ether oxygens (including phenoxy) is 5. The Morgan fingerprint density at radius 2 is 1.47 bits per heavy atom. The lowest BCUT2D eigenvalue weighted by Crippen LogP contribution is -2.24. The molecule has 7 nitrogen and oxygen atoms in total. The van der Waals surface area contributed by atoms with E-state index >= 15 is 0 Å². The van der Waals surface area contributed by atoms with Crippen molar-refractivity contribution in [3.8, 4) is 23.0 Å². The summed E-state index contributed by atoms with van der Waals surface area (Å²) in [7, 11) is 7.56. The molecule has 202 valence electrons. The summed E-state index contributed by atoms with van der Waals surface area (Å²) in [5, 5.41) is 3.43. The normalized spacial score (nSPS) is 17.2. The maximum Gasteiger partial charge on any atom is 0.203 e. The summed E-state index contributed by atoms with van der Waals surface area (Å²) in [4.78, 5) is 12.7. The molecule has 2 atom stereocenters. The Balaban J connectivity index is 1.84.